The maximum absolute atomic E-state index is 12.0. The van der Waals surface area contributed by atoms with E-state index in [9.17, 15) is 9.90 Å². The van der Waals surface area contributed by atoms with Gasteiger partial charge in [-0.1, -0.05) is 26.7 Å². The first-order chi connectivity index (χ1) is 9.49. The Labute approximate surface area is 121 Å². The summed E-state index contributed by atoms with van der Waals surface area (Å²) in [6.07, 6.45) is 4.94. The first-order valence-electron chi connectivity index (χ1n) is 7.08. The van der Waals surface area contributed by atoms with Crippen molar-refractivity contribution in [2.45, 2.75) is 32.7 Å². The van der Waals surface area contributed by atoms with E-state index in [-0.39, 0.29) is 11.7 Å². The minimum absolute atomic E-state index is 0.00167. The number of nitrogens with zero attached hydrogens (tertiary/aromatic N) is 2. The second-order valence-corrected chi connectivity index (χ2v) is 5.25. The molecule has 20 heavy (non-hydrogen) atoms. The van der Waals surface area contributed by atoms with Crippen LogP contribution in [0.4, 0.5) is 0 Å². The van der Waals surface area contributed by atoms with E-state index in [2.05, 4.69) is 29.0 Å². The van der Waals surface area contributed by atoms with Crippen LogP contribution < -0.4 is 5.32 Å². The van der Waals surface area contributed by atoms with Crippen molar-refractivity contribution in [3.05, 3.63) is 24.0 Å². The molecule has 0 saturated heterocycles. The summed E-state index contributed by atoms with van der Waals surface area (Å²) in [6, 6.07) is 1.73. The molecule has 0 aromatic carbocycles. The molecule has 1 unspecified atom stereocenters. The summed E-state index contributed by atoms with van der Waals surface area (Å²) >= 11 is 0. The molecule has 0 aliphatic rings. The summed E-state index contributed by atoms with van der Waals surface area (Å²) in [7, 11) is 4.07. The quantitative estimate of drug-likeness (QED) is 0.800. The van der Waals surface area contributed by atoms with Crippen molar-refractivity contribution >= 4 is 5.91 Å². The molecule has 5 heteroatoms. The van der Waals surface area contributed by atoms with Gasteiger partial charge in [-0.25, -0.2) is 0 Å². The fourth-order valence-electron chi connectivity index (χ4n) is 2.46. The molecule has 1 atom stereocenters. The van der Waals surface area contributed by atoms with E-state index < -0.39 is 0 Å². The zero-order valence-electron chi connectivity index (χ0n) is 12.8. The van der Waals surface area contributed by atoms with Gasteiger partial charge in [-0.05, 0) is 26.1 Å². The molecule has 0 aliphatic heterocycles. The van der Waals surface area contributed by atoms with Crippen LogP contribution in [0.1, 0.15) is 37.0 Å². The van der Waals surface area contributed by atoms with E-state index in [1.165, 1.54) is 18.5 Å². The summed E-state index contributed by atoms with van der Waals surface area (Å²) < 4.78 is 0. The molecule has 0 fully saturated rings. The maximum atomic E-state index is 12.0. The lowest BCUT2D eigenvalue weighted by atomic mass is 9.93. The zero-order chi connectivity index (χ0) is 15.1. The molecule has 0 saturated carbocycles. The van der Waals surface area contributed by atoms with Crippen molar-refractivity contribution in [1.29, 1.82) is 0 Å². The highest BCUT2D eigenvalue weighted by Gasteiger charge is 2.21. The highest BCUT2D eigenvalue weighted by molar-refractivity contribution is 5.94. The lowest BCUT2D eigenvalue weighted by Crippen LogP contribution is -2.44. The zero-order valence-corrected chi connectivity index (χ0v) is 12.8. The third kappa shape index (κ3) is 4.49. The number of nitrogens with one attached hydrogen (secondary N) is 1. The molecule has 5 nitrogen and oxygen atoms in total. The van der Waals surface area contributed by atoms with Crippen LogP contribution in [-0.4, -0.2) is 47.6 Å². The predicted molar refractivity (Wildman–Crippen MR) is 79.8 cm³/mol. The lowest BCUT2D eigenvalue weighted by molar-refractivity contribution is 0.0928. The molecule has 0 spiro atoms. The van der Waals surface area contributed by atoms with Gasteiger partial charge in [-0.15, -0.1) is 0 Å². The van der Waals surface area contributed by atoms with Gasteiger partial charge in [0.15, 0.2) is 0 Å². The molecule has 112 valence electrons. The maximum Gasteiger partial charge on any atom is 0.253 e. The van der Waals surface area contributed by atoms with Crippen LogP contribution >= 0.6 is 0 Å². The van der Waals surface area contributed by atoms with Crippen LogP contribution in [0.25, 0.3) is 0 Å². The summed E-state index contributed by atoms with van der Waals surface area (Å²) in [6.45, 7) is 4.94. The Hall–Kier alpha value is -1.62. The van der Waals surface area contributed by atoms with Gasteiger partial charge < -0.3 is 15.3 Å². The minimum Gasteiger partial charge on any atom is -0.506 e. The number of carbonyl (C=O) groups excluding carboxylic acids is 1. The Morgan fingerprint density at radius 1 is 1.35 bits per heavy atom. The van der Waals surface area contributed by atoms with Crippen LogP contribution in [0.2, 0.25) is 0 Å². The SMILES string of the molecule is CCC(CC)C(CNC(=O)c1cncc(O)c1)N(C)C. The summed E-state index contributed by atoms with van der Waals surface area (Å²) in [5.41, 5.74) is 0.382. The molecule has 1 aromatic heterocycles. The molecule has 1 amide bonds. The molecule has 1 heterocycles. The van der Waals surface area contributed by atoms with Gasteiger partial charge in [-0.2, -0.15) is 0 Å². The number of carbonyl (C=O) groups is 1. The Morgan fingerprint density at radius 3 is 2.50 bits per heavy atom. The van der Waals surface area contributed by atoms with Crippen molar-refractivity contribution in [2.75, 3.05) is 20.6 Å². The summed E-state index contributed by atoms with van der Waals surface area (Å²) in [5, 5.41) is 12.3. The van der Waals surface area contributed by atoms with Crippen LogP contribution in [-0.2, 0) is 0 Å². The van der Waals surface area contributed by atoms with Crippen LogP contribution in [0.5, 0.6) is 5.75 Å². The Kier molecular flexibility index (Phi) is 6.45. The molecule has 1 aromatic rings. The van der Waals surface area contributed by atoms with Crippen molar-refractivity contribution in [1.82, 2.24) is 15.2 Å². The van der Waals surface area contributed by atoms with Crippen molar-refractivity contribution in [3.63, 3.8) is 0 Å². The molecule has 2 N–H and O–H groups in total. The standard InChI is InChI=1S/C15H25N3O2/c1-5-11(6-2)14(18(3)4)10-17-15(20)12-7-13(19)9-16-8-12/h7-9,11,14,19H,5-6,10H2,1-4H3,(H,17,20). The van der Waals surface area contributed by atoms with Gasteiger partial charge in [0.2, 0.25) is 0 Å². The minimum atomic E-state index is -0.203. The first kappa shape index (κ1) is 16.4. The van der Waals surface area contributed by atoms with Crippen molar-refractivity contribution in [3.8, 4) is 5.75 Å². The number of aromatic hydroxyl groups is 1. The van der Waals surface area contributed by atoms with E-state index in [1.54, 1.807) is 0 Å². The average Bonchev–Trinajstić information content (AvgIpc) is 2.42. The fourth-order valence-corrected chi connectivity index (χ4v) is 2.46. The van der Waals surface area contributed by atoms with E-state index in [0.717, 1.165) is 12.8 Å². The van der Waals surface area contributed by atoms with Crippen LogP contribution in [0.3, 0.4) is 0 Å². The third-order valence-electron chi connectivity index (χ3n) is 3.71. The molecular weight excluding hydrogens is 254 g/mol. The Morgan fingerprint density at radius 2 is 2.00 bits per heavy atom. The number of amides is 1. The molecule has 0 aliphatic carbocycles. The number of hydrogen-bond acceptors (Lipinski definition) is 4. The monoisotopic (exact) mass is 279 g/mol. The molecular formula is C15H25N3O2. The number of hydrogen-bond donors (Lipinski definition) is 2. The highest BCUT2D eigenvalue weighted by Crippen LogP contribution is 2.16. The Balaban J connectivity index is 2.65. The van der Waals surface area contributed by atoms with Gasteiger partial charge in [0.05, 0.1) is 11.8 Å². The van der Waals surface area contributed by atoms with E-state index in [4.69, 9.17) is 0 Å². The first-order valence-corrected chi connectivity index (χ1v) is 7.08. The van der Waals surface area contributed by atoms with Gasteiger partial charge >= 0.3 is 0 Å². The average molecular weight is 279 g/mol. The van der Waals surface area contributed by atoms with Gasteiger partial charge in [0.1, 0.15) is 5.75 Å². The normalized spacial score (nSPS) is 12.7. The molecule has 0 radical (unpaired) electrons. The number of rotatable bonds is 7. The Bertz CT molecular complexity index is 431. The van der Waals surface area contributed by atoms with E-state index >= 15 is 0 Å². The van der Waals surface area contributed by atoms with E-state index in [0.29, 0.717) is 24.1 Å². The smallest absolute Gasteiger partial charge is 0.253 e. The number of pyridine rings is 1. The van der Waals surface area contributed by atoms with Crippen molar-refractivity contribution in [2.24, 2.45) is 5.92 Å². The van der Waals surface area contributed by atoms with Gasteiger partial charge in [0.25, 0.3) is 5.91 Å². The molecule has 0 bridgehead atoms. The summed E-state index contributed by atoms with van der Waals surface area (Å²) in [5.74, 6) is 0.348. The topological polar surface area (TPSA) is 65.5 Å². The van der Waals surface area contributed by atoms with Crippen LogP contribution in [0.15, 0.2) is 18.5 Å². The lowest BCUT2D eigenvalue weighted by Gasteiger charge is -2.31. The number of aromatic nitrogens is 1. The fraction of sp³-hybridized carbons (Fsp3) is 0.600. The predicted octanol–water partition coefficient (Wildman–Crippen LogP) is 1.88. The van der Waals surface area contributed by atoms with E-state index in [1.807, 2.05) is 14.1 Å². The second-order valence-electron chi connectivity index (χ2n) is 5.25. The molecule has 1 rings (SSSR count). The number of likely N-dealkylation sites (N-methyl/N-ethyl adjacent to an activating group) is 1. The second kappa shape index (κ2) is 7.85. The highest BCUT2D eigenvalue weighted by atomic mass is 16.3. The van der Waals surface area contributed by atoms with Crippen LogP contribution in [0, 0.1) is 5.92 Å². The third-order valence-corrected chi connectivity index (χ3v) is 3.71. The van der Waals surface area contributed by atoms with Gasteiger partial charge in [-0.3, -0.25) is 9.78 Å². The summed E-state index contributed by atoms with van der Waals surface area (Å²) in [4.78, 5) is 18.0. The van der Waals surface area contributed by atoms with Crippen molar-refractivity contribution < 1.29 is 9.90 Å². The largest absolute Gasteiger partial charge is 0.506 e. The van der Waals surface area contributed by atoms with Gasteiger partial charge in [0, 0.05) is 18.8 Å².